The number of benzene rings is 1. The second-order valence-electron chi connectivity index (χ2n) is 6.80. The molecule has 0 radical (unpaired) electrons. The number of carbonyl (C=O) groups excluding carboxylic acids is 1. The first-order valence-electron chi connectivity index (χ1n) is 9.20. The Morgan fingerprint density at radius 2 is 1.92 bits per heavy atom. The van der Waals surface area contributed by atoms with E-state index in [1.807, 2.05) is 23.1 Å². The fourth-order valence-corrected chi connectivity index (χ4v) is 3.57. The third kappa shape index (κ3) is 4.59. The predicted molar refractivity (Wildman–Crippen MR) is 99.6 cm³/mol. The monoisotopic (exact) mass is 357 g/mol. The van der Waals surface area contributed by atoms with E-state index in [0.717, 1.165) is 49.6 Å². The lowest BCUT2D eigenvalue weighted by Gasteiger charge is -2.32. The maximum absolute atomic E-state index is 12.4. The maximum Gasteiger partial charge on any atom is 0.223 e. The Balaban J connectivity index is 1.47. The molecule has 0 saturated carbocycles. The fourth-order valence-electron chi connectivity index (χ4n) is 3.57. The van der Waals surface area contributed by atoms with Gasteiger partial charge in [-0.1, -0.05) is 6.07 Å². The SMILES string of the molecule is COc1ccc(CC2CCN(C(=O)CCc3ccco3)CC2)cc1OC. The van der Waals surface area contributed by atoms with E-state index < -0.39 is 0 Å². The van der Waals surface area contributed by atoms with E-state index in [4.69, 9.17) is 13.9 Å². The summed E-state index contributed by atoms with van der Waals surface area (Å²) in [6.07, 6.45) is 5.95. The van der Waals surface area contributed by atoms with Crippen LogP contribution in [0.4, 0.5) is 0 Å². The van der Waals surface area contributed by atoms with Crippen LogP contribution in [-0.4, -0.2) is 38.1 Å². The van der Waals surface area contributed by atoms with Crippen molar-refractivity contribution < 1.29 is 18.7 Å². The van der Waals surface area contributed by atoms with E-state index in [2.05, 4.69) is 12.1 Å². The van der Waals surface area contributed by atoms with Gasteiger partial charge in [0.1, 0.15) is 5.76 Å². The number of furan rings is 1. The largest absolute Gasteiger partial charge is 0.493 e. The van der Waals surface area contributed by atoms with Crippen molar-refractivity contribution in [3.63, 3.8) is 0 Å². The molecule has 5 heteroatoms. The molecule has 2 heterocycles. The molecule has 1 aliphatic heterocycles. The van der Waals surface area contributed by atoms with Crippen molar-refractivity contribution in [1.82, 2.24) is 4.90 Å². The zero-order valence-electron chi connectivity index (χ0n) is 15.6. The average Bonchev–Trinajstić information content (AvgIpc) is 3.20. The summed E-state index contributed by atoms with van der Waals surface area (Å²) in [5.74, 6) is 3.23. The van der Waals surface area contributed by atoms with Crippen molar-refractivity contribution in [2.45, 2.75) is 32.1 Å². The highest BCUT2D eigenvalue weighted by atomic mass is 16.5. The van der Waals surface area contributed by atoms with Crippen molar-refractivity contribution >= 4 is 5.91 Å². The van der Waals surface area contributed by atoms with Gasteiger partial charge in [-0.2, -0.15) is 0 Å². The van der Waals surface area contributed by atoms with Gasteiger partial charge in [0.05, 0.1) is 20.5 Å². The number of rotatable bonds is 7. The lowest BCUT2D eigenvalue weighted by Crippen LogP contribution is -2.39. The Labute approximate surface area is 154 Å². The van der Waals surface area contributed by atoms with Gasteiger partial charge < -0.3 is 18.8 Å². The second-order valence-corrected chi connectivity index (χ2v) is 6.80. The molecule has 0 bridgehead atoms. The molecule has 1 aromatic heterocycles. The summed E-state index contributed by atoms with van der Waals surface area (Å²) in [4.78, 5) is 14.4. The number of carbonyl (C=O) groups is 1. The number of methoxy groups -OCH3 is 2. The molecule has 0 atom stereocenters. The summed E-state index contributed by atoms with van der Waals surface area (Å²) in [6.45, 7) is 1.68. The van der Waals surface area contributed by atoms with E-state index >= 15 is 0 Å². The van der Waals surface area contributed by atoms with Gasteiger partial charge in [0.2, 0.25) is 5.91 Å². The maximum atomic E-state index is 12.4. The van der Waals surface area contributed by atoms with E-state index in [0.29, 0.717) is 18.8 Å². The quantitative estimate of drug-likeness (QED) is 0.758. The molecular formula is C21H27NO4. The minimum Gasteiger partial charge on any atom is -0.493 e. The lowest BCUT2D eigenvalue weighted by molar-refractivity contribution is -0.132. The van der Waals surface area contributed by atoms with Gasteiger partial charge in [-0.25, -0.2) is 0 Å². The zero-order valence-corrected chi connectivity index (χ0v) is 15.6. The van der Waals surface area contributed by atoms with E-state index in [-0.39, 0.29) is 5.91 Å². The van der Waals surface area contributed by atoms with Gasteiger partial charge >= 0.3 is 0 Å². The summed E-state index contributed by atoms with van der Waals surface area (Å²) >= 11 is 0. The van der Waals surface area contributed by atoms with E-state index in [1.54, 1.807) is 20.5 Å². The van der Waals surface area contributed by atoms with Crippen LogP contribution in [0.15, 0.2) is 41.0 Å². The Kier molecular flexibility index (Phi) is 6.21. The van der Waals surface area contributed by atoms with Gasteiger partial charge in [0.15, 0.2) is 11.5 Å². The molecule has 140 valence electrons. The number of likely N-dealkylation sites (tertiary alicyclic amines) is 1. The number of hydrogen-bond acceptors (Lipinski definition) is 4. The molecule has 1 saturated heterocycles. The number of amides is 1. The van der Waals surface area contributed by atoms with Crippen molar-refractivity contribution in [1.29, 1.82) is 0 Å². The Hall–Kier alpha value is -2.43. The molecule has 0 spiro atoms. The standard InChI is InChI=1S/C21H27NO4/c1-24-19-7-5-17(15-20(19)25-2)14-16-9-11-22(12-10-16)21(23)8-6-18-4-3-13-26-18/h3-5,7,13,15-16H,6,8-12,14H2,1-2H3. The number of ether oxygens (including phenoxy) is 2. The van der Waals surface area contributed by atoms with Crippen LogP contribution in [0.25, 0.3) is 0 Å². The first kappa shape index (κ1) is 18.4. The topological polar surface area (TPSA) is 51.9 Å². The van der Waals surface area contributed by atoms with Gasteiger partial charge in [0.25, 0.3) is 0 Å². The van der Waals surface area contributed by atoms with Crippen LogP contribution < -0.4 is 9.47 Å². The van der Waals surface area contributed by atoms with Crippen LogP contribution in [0.5, 0.6) is 11.5 Å². The van der Waals surface area contributed by atoms with Gasteiger partial charge in [-0.05, 0) is 55.0 Å². The second kappa shape index (κ2) is 8.79. The fraction of sp³-hybridized carbons (Fsp3) is 0.476. The molecule has 0 unspecified atom stereocenters. The molecule has 1 fully saturated rings. The van der Waals surface area contributed by atoms with Crippen LogP contribution in [0.1, 0.15) is 30.6 Å². The summed E-state index contributed by atoms with van der Waals surface area (Å²) < 4.78 is 16.0. The van der Waals surface area contributed by atoms with Crippen LogP contribution in [0.2, 0.25) is 0 Å². The number of piperidine rings is 1. The summed E-state index contributed by atoms with van der Waals surface area (Å²) in [5, 5.41) is 0. The molecular weight excluding hydrogens is 330 g/mol. The van der Waals surface area contributed by atoms with Crippen LogP contribution in [0, 0.1) is 5.92 Å². The molecule has 3 rings (SSSR count). The highest BCUT2D eigenvalue weighted by molar-refractivity contribution is 5.76. The van der Waals surface area contributed by atoms with E-state index in [9.17, 15) is 4.79 Å². The highest BCUT2D eigenvalue weighted by Crippen LogP contribution is 2.30. The van der Waals surface area contributed by atoms with Crippen molar-refractivity contribution in [2.24, 2.45) is 5.92 Å². The van der Waals surface area contributed by atoms with Crippen molar-refractivity contribution in [3.8, 4) is 11.5 Å². The number of nitrogens with zero attached hydrogens (tertiary/aromatic N) is 1. The zero-order chi connectivity index (χ0) is 18.4. The Morgan fingerprint density at radius 1 is 1.15 bits per heavy atom. The lowest BCUT2D eigenvalue weighted by atomic mass is 9.90. The average molecular weight is 357 g/mol. The first-order chi connectivity index (χ1) is 12.7. The van der Waals surface area contributed by atoms with Crippen LogP contribution in [-0.2, 0) is 17.6 Å². The molecule has 5 nitrogen and oxygen atoms in total. The van der Waals surface area contributed by atoms with Crippen LogP contribution in [0.3, 0.4) is 0 Å². The summed E-state index contributed by atoms with van der Waals surface area (Å²) in [5.41, 5.74) is 1.25. The minimum atomic E-state index is 0.228. The van der Waals surface area contributed by atoms with Gasteiger partial charge in [0, 0.05) is 25.9 Å². The molecule has 0 N–H and O–H groups in total. The van der Waals surface area contributed by atoms with Crippen LogP contribution >= 0.6 is 0 Å². The Bertz CT molecular complexity index is 703. The molecule has 1 amide bonds. The van der Waals surface area contributed by atoms with Gasteiger partial charge in [-0.3, -0.25) is 4.79 Å². The number of aryl methyl sites for hydroxylation is 1. The summed E-state index contributed by atoms with van der Waals surface area (Å²) in [6, 6.07) is 9.89. The molecule has 1 aliphatic rings. The third-order valence-electron chi connectivity index (χ3n) is 5.10. The molecule has 1 aromatic carbocycles. The molecule has 26 heavy (non-hydrogen) atoms. The molecule has 0 aliphatic carbocycles. The first-order valence-corrected chi connectivity index (χ1v) is 9.20. The highest BCUT2D eigenvalue weighted by Gasteiger charge is 2.23. The number of hydrogen-bond donors (Lipinski definition) is 0. The smallest absolute Gasteiger partial charge is 0.223 e. The third-order valence-corrected chi connectivity index (χ3v) is 5.10. The normalized spacial score (nSPS) is 15.1. The van der Waals surface area contributed by atoms with Gasteiger partial charge in [-0.15, -0.1) is 0 Å². The Morgan fingerprint density at radius 3 is 2.58 bits per heavy atom. The predicted octanol–water partition coefficient (Wildman–Crippen LogP) is 3.71. The van der Waals surface area contributed by atoms with E-state index in [1.165, 1.54) is 5.56 Å². The molecule has 2 aromatic rings. The van der Waals surface area contributed by atoms with Crippen molar-refractivity contribution in [3.05, 3.63) is 47.9 Å². The summed E-state index contributed by atoms with van der Waals surface area (Å²) in [7, 11) is 3.31. The van der Waals surface area contributed by atoms with Crippen molar-refractivity contribution in [2.75, 3.05) is 27.3 Å². The minimum absolute atomic E-state index is 0.228.